The molecule has 3 heterocycles. The highest BCUT2D eigenvalue weighted by atomic mass is 35.5. The highest BCUT2D eigenvalue weighted by Crippen LogP contribution is 2.44. The summed E-state index contributed by atoms with van der Waals surface area (Å²) in [5.74, 6) is -2.23. The van der Waals surface area contributed by atoms with Crippen molar-refractivity contribution in [3.8, 4) is 33.6 Å². The van der Waals surface area contributed by atoms with Gasteiger partial charge in [-0.2, -0.15) is 4.80 Å². The number of hydrogen-bond donors (Lipinski definition) is 2. The van der Waals surface area contributed by atoms with Gasteiger partial charge in [0, 0.05) is 22.7 Å². The molecule has 0 radical (unpaired) electrons. The second-order valence-corrected chi connectivity index (χ2v) is 12.2. The normalized spacial score (nSPS) is 15.2. The number of hydrogen-bond acceptors (Lipinski definition) is 8. The van der Waals surface area contributed by atoms with Crippen molar-refractivity contribution in [2.45, 2.75) is 24.4 Å². The number of alkyl carbamates (subject to hydrolysis) is 1. The number of aryl methyl sites for hydroxylation is 1. The number of amides is 2. The lowest BCUT2D eigenvalue weighted by Crippen LogP contribution is -2.70. The summed E-state index contributed by atoms with van der Waals surface area (Å²) in [5, 5.41) is 17.2. The van der Waals surface area contributed by atoms with Gasteiger partial charge in [0.15, 0.2) is 5.54 Å². The van der Waals surface area contributed by atoms with Gasteiger partial charge in [0.2, 0.25) is 5.82 Å². The molecule has 0 spiro atoms. The van der Waals surface area contributed by atoms with Crippen molar-refractivity contribution in [3.05, 3.63) is 106 Å². The maximum Gasteiger partial charge on any atom is 0.408 e. The summed E-state index contributed by atoms with van der Waals surface area (Å²) < 4.78 is 41.5. The molecule has 2 amide bonds. The Kier molecular flexibility index (Phi) is 8.09. The van der Waals surface area contributed by atoms with Crippen molar-refractivity contribution in [2.75, 3.05) is 19.8 Å². The zero-order valence-corrected chi connectivity index (χ0v) is 26.5. The molecule has 0 unspecified atom stereocenters. The summed E-state index contributed by atoms with van der Waals surface area (Å²) in [4.78, 5) is 31.9. The molecule has 11 nitrogen and oxygen atoms in total. The van der Waals surface area contributed by atoms with Crippen molar-refractivity contribution in [2.24, 2.45) is 7.05 Å². The van der Waals surface area contributed by atoms with Crippen LogP contribution in [0.5, 0.6) is 0 Å². The first-order valence-corrected chi connectivity index (χ1v) is 15.4. The fourth-order valence-electron chi connectivity index (χ4n) is 6.13. The highest BCUT2D eigenvalue weighted by Gasteiger charge is 2.48. The minimum Gasteiger partial charge on any atom is -0.449 e. The molecule has 2 aromatic heterocycles. The van der Waals surface area contributed by atoms with Crippen molar-refractivity contribution >= 4 is 23.6 Å². The lowest BCUT2D eigenvalue weighted by molar-refractivity contribution is -0.148. The van der Waals surface area contributed by atoms with Gasteiger partial charge in [-0.05, 0) is 58.2 Å². The quantitative estimate of drug-likeness (QED) is 0.226. The molecule has 2 N–H and O–H groups in total. The maximum atomic E-state index is 15.5. The van der Waals surface area contributed by atoms with Crippen LogP contribution in [0.15, 0.2) is 72.9 Å². The number of nitrogens with zero attached hydrogens (tertiary/aromatic N) is 5. The third-order valence-electron chi connectivity index (χ3n) is 8.54. The second-order valence-electron chi connectivity index (χ2n) is 11.7. The summed E-state index contributed by atoms with van der Waals surface area (Å²) in [6, 6.07) is 18.7. The SMILES string of the molecule is C[C@@H](NC(=O)C1(NC(=O)OCC2c3ccccc3-c3ccccc32)COC1)c1ncc(-c2cc(Cl)cc(F)c2-c2nnn(C)n2)cc1F. The Labute approximate surface area is 278 Å². The maximum absolute atomic E-state index is 15.5. The van der Waals surface area contributed by atoms with E-state index in [1.807, 2.05) is 48.5 Å². The molecule has 1 aliphatic carbocycles. The standard InChI is InChI=1S/C34H28ClF2N7O4/c1-18(30-28(37)11-19(14-38-30)25-12-20(35)13-27(36)29(25)31-41-43-44(2)42-31)39-32(45)34(16-47-17-34)40-33(46)48-15-26-23-9-5-3-7-21(23)22-8-4-6-10-24(22)26/h3-14,18,26H,15-17H2,1-2H3,(H,39,45)(H,40,46)/t18-/m1/s1. The van der Waals surface area contributed by atoms with Gasteiger partial charge >= 0.3 is 6.09 Å². The minimum absolute atomic E-state index is 0.0105. The van der Waals surface area contributed by atoms with Crippen molar-refractivity contribution in [3.63, 3.8) is 0 Å². The van der Waals surface area contributed by atoms with Crippen LogP contribution in [-0.2, 0) is 21.3 Å². The van der Waals surface area contributed by atoms with E-state index in [0.717, 1.165) is 34.4 Å². The molecule has 7 rings (SSSR count). The molecule has 0 bridgehead atoms. The molecule has 14 heteroatoms. The first-order chi connectivity index (χ1) is 23.1. The van der Waals surface area contributed by atoms with E-state index in [9.17, 15) is 9.59 Å². The summed E-state index contributed by atoms with van der Waals surface area (Å²) in [7, 11) is 1.53. The van der Waals surface area contributed by atoms with Crippen LogP contribution in [0, 0.1) is 11.6 Å². The number of halogens is 3. The number of nitrogens with one attached hydrogen (secondary N) is 2. The number of rotatable bonds is 8. The summed E-state index contributed by atoms with van der Waals surface area (Å²) in [6.07, 6.45) is 0.558. The van der Waals surface area contributed by atoms with Crippen LogP contribution in [0.4, 0.5) is 13.6 Å². The van der Waals surface area contributed by atoms with Gasteiger partial charge in [-0.15, -0.1) is 10.2 Å². The summed E-state index contributed by atoms with van der Waals surface area (Å²) in [5.41, 5.74) is 3.21. The predicted molar refractivity (Wildman–Crippen MR) is 171 cm³/mol. The first-order valence-electron chi connectivity index (χ1n) is 15.0. The Morgan fingerprint density at radius 2 is 1.73 bits per heavy atom. The van der Waals surface area contributed by atoms with Gasteiger partial charge in [-0.25, -0.2) is 13.6 Å². The van der Waals surface area contributed by atoms with E-state index < -0.39 is 35.2 Å². The summed E-state index contributed by atoms with van der Waals surface area (Å²) in [6.45, 7) is 1.44. The Balaban J connectivity index is 1.04. The van der Waals surface area contributed by atoms with Gasteiger partial charge in [0.25, 0.3) is 5.91 Å². The Hall–Kier alpha value is -5.27. The molecule has 244 valence electrons. The van der Waals surface area contributed by atoms with Gasteiger partial charge in [-0.3, -0.25) is 9.78 Å². The van der Waals surface area contributed by atoms with Crippen LogP contribution in [0.3, 0.4) is 0 Å². The molecular weight excluding hydrogens is 644 g/mol. The lowest BCUT2D eigenvalue weighted by Gasteiger charge is -2.40. The van der Waals surface area contributed by atoms with E-state index in [-0.39, 0.29) is 59.0 Å². The fourth-order valence-corrected chi connectivity index (χ4v) is 6.33. The van der Waals surface area contributed by atoms with Crippen molar-refractivity contribution in [1.82, 2.24) is 35.8 Å². The average Bonchev–Trinajstić information content (AvgIpc) is 3.61. The van der Waals surface area contributed by atoms with E-state index in [2.05, 4.69) is 31.0 Å². The van der Waals surface area contributed by atoms with Crippen LogP contribution in [0.25, 0.3) is 33.6 Å². The van der Waals surface area contributed by atoms with Gasteiger partial charge in [0.05, 0.1) is 37.6 Å². The summed E-state index contributed by atoms with van der Waals surface area (Å²) >= 11 is 6.12. The Morgan fingerprint density at radius 1 is 1.04 bits per heavy atom. The topological polar surface area (TPSA) is 133 Å². The second kappa shape index (κ2) is 12.4. The van der Waals surface area contributed by atoms with Crippen LogP contribution in [-0.4, -0.2) is 62.6 Å². The Morgan fingerprint density at radius 3 is 2.33 bits per heavy atom. The van der Waals surface area contributed by atoms with E-state index in [1.54, 1.807) is 6.92 Å². The first kappa shape index (κ1) is 31.3. The molecule has 48 heavy (non-hydrogen) atoms. The van der Waals surface area contributed by atoms with E-state index >= 15 is 8.78 Å². The lowest BCUT2D eigenvalue weighted by atomic mass is 9.95. The third-order valence-corrected chi connectivity index (χ3v) is 8.76. The molecule has 2 aliphatic rings. The smallest absolute Gasteiger partial charge is 0.408 e. The molecule has 0 saturated carbocycles. The Bertz CT molecular complexity index is 2020. The number of aromatic nitrogens is 5. The van der Waals surface area contributed by atoms with Crippen LogP contribution in [0.2, 0.25) is 5.02 Å². The number of tetrazole rings is 1. The molecule has 1 fully saturated rings. The molecule has 3 aromatic carbocycles. The van der Waals surface area contributed by atoms with Crippen molar-refractivity contribution in [1.29, 1.82) is 0 Å². The van der Waals surface area contributed by atoms with Crippen LogP contribution < -0.4 is 10.6 Å². The zero-order chi connectivity index (χ0) is 33.6. The van der Waals surface area contributed by atoms with Crippen LogP contribution >= 0.6 is 11.6 Å². The van der Waals surface area contributed by atoms with Crippen LogP contribution in [0.1, 0.15) is 35.7 Å². The van der Waals surface area contributed by atoms with Gasteiger partial charge in [-0.1, -0.05) is 60.1 Å². The van der Waals surface area contributed by atoms with Gasteiger partial charge in [0.1, 0.15) is 18.2 Å². The molecule has 1 saturated heterocycles. The average molecular weight is 672 g/mol. The molecule has 5 aromatic rings. The largest absolute Gasteiger partial charge is 0.449 e. The zero-order valence-electron chi connectivity index (χ0n) is 25.7. The molecular formula is C34H28ClF2N7O4. The fraction of sp³-hybridized carbons (Fsp3) is 0.235. The third kappa shape index (κ3) is 5.64. The molecule has 1 aliphatic heterocycles. The molecule has 1 atom stereocenters. The predicted octanol–water partition coefficient (Wildman–Crippen LogP) is 5.36. The number of carbonyl (C=O) groups excluding carboxylic acids is 2. The van der Waals surface area contributed by atoms with E-state index in [0.29, 0.717) is 0 Å². The minimum atomic E-state index is -1.41. The number of carbonyl (C=O) groups is 2. The van der Waals surface area contributed by atoms with E-state index in [4.69, 9.17) is 21.1 Å². The van der Waals surface area contributed by atoms with Crippen molar-refractivity contribution < 1.29 is 27.8 Å². The highest BCUT2D eigenvalue weighted by molar-refractivity contribution is 6.31. The number of fused-ring (bicyclic) bond motifs is 3. The monoisotopic (exact) mass is 671 g/mol. The van der Waals surface area contributed by atoms with Gasteiger partial charge < -0.3 is 20.1 Å². The number of benzene rings is 3. The number of pyridine rings is 1. The number of ether oxygens (including phenoxy) is 2. The van der Waals surface area contributed by atoms with E-state index in [1.165, 1.54) is 24.1 Å².